The lowest BCUT2D eigenvalue weighted by molar-refractivity contribution is -0.0355. The van der Waals surface area contributed by atoms with Crippen molar-refractivity contribution in [3.05, 3.63) is 11.6 Å². The molecule has 2 aromatic heterocycles. The molecular formula is C11H15ClN5O6P. The van der Waals surface area contributed by atoms with Crippen LogP contribution in [-0.4, -0.2) is 64.0 Å². The molecule has 1 aliphatic rings. The second-order valence-corrected chi connectivity index (χ2v) is 7.54. The molecule has 1 fully saturated rings. The van der Waals surface area contributed by atoms with Crippen LogP contribution >= 0.6 is 19.2 Å². The SMILES string of the molecule is Nc1nc(Cl)nc2c1ncn2[C@@H]1O[C@H](CCP(=O)(O)O)C(O)[C@@H]1O. The van der Waals surface area contributed by atoms with Crippen molar-refractivity contribution in [2.75, 3.05) is 11.9 Å². The molecule has 6 N–H and O–H groups in total. The number of rotatable bonds is 4. The zero-order valence-corrected chi connectivity index (χ0v) is 13.7. The lowest BCUT2D eigenvalue weighted by Crippen LogP contribution is -2.31. The Labute approximate surface area is 140 Å². The van der Waals surface area contributed by atoms with Gasteiger partial charge in [0.1, 0.15) is 17.7 Å². The molecule has 1 aliphatic heterocycles. The number of hydrogen-bond donors (Lipinski definition) is 5. The Balaban J connectivity index is 1.89. The summed E-state index contributed by atoms with van der Waals surface area (Å²) < 4.78 is 17.9. The number of nitrogens with two attached hydrogens (primary N) is 1. The van der Waals surface area contributed by atoms with Gasteiger partial charge in [0, 0.05) is 0 Å². The third-order valence-electron chi connectivity index (χ3n) is 3.74. The minimum Gasteiger partial charge on any atom is -0.388 e. The van der Waals surface area contributed by atoms with Gasteiger partial charge < -0.3 is 30.5 Å². The quantitative estimate of drug-likeness (QED) is 0.335. The number of imidazole rings is 1. The fourth-order valence-corrected chi connectivity index (χ4v) is 3.35. The van der Waals surface area contributed by atoms with Crippen LogP contribution in [0.3, 0.4) is 0 Å². The standard InChI is InChI=1S/C11H15ClN5O6P/c12-11-15-8(13)5-9(16-11)17(3-14-5)10-7(19)6(18)4(23-10)1-2-24(20,21)22/h3-4,6-7,10,18-19H,1-2H2,(H2,13,15,16)(H2,20,21,22)/t4-,6?,7+,10-/m1/s1. The van der Waals surface area contributed by atoms with Gasteiger partial charge in [0.25, 0.3) is 0 Å². The summed E-state index contributed by atoms with van der Waals surface area (Å²) in [4.78, 5) is 29.6. The van der Waals surface area contributed by atoms with Crippen molar-refractivity contribution < 1.29 is 29.3 Å². The Morgan fingerprint density at radius 3 is 2.71 bits per heavy atom. The van der Waals surface area contributed by atoms with Crippen molar-refractivity contribution >= 4 is 36.2 Å². The first-order chi connectivity index (χ1) is 11.2. The Kier molecular flexibility index (Phi) is 4.51. The van der Waals surface area contributed by atoms with Gasteiger partial charge in [0.15, 0.2) is 17.7 Å². The van der Waals surface area contributed by atoms with Gasteiger partial charge in [-0.3, -0.25) is 9.13 Å². The van der Waals surface area contributed by atoms with E-state index in [1.54, 1.807) is 0 Å². The third-order valence-corrected chi connectivity index (χ3v) is 4.75. The lowest BCUT2D eigenvalue weighted by atomic mass is 10.1. The summed E-state index contributed by atoms with van der Waals surface area (Å²) in [5.74, 6) is 0.0508. The zero-order valence-electron chi connectivity index (χ0n) is 12.1. The fraction of sp³-hybridized carbons (Fsp3) is 0.545. The molecule has 2 aromatic rings. The number of halogens is 1. The topological polar surface area (TPSA) is 177 Å². The maximum Gasteiger partial charge on any atom is 0.325 e. The molecule has 0 radical (unpaired) electrons. The van der Waals surface area contributed by atoms with E-state index in [4.69, 9.17) is 31.9 Å². The monoisotopic (exact) mass is 379 g/mol. The summed E-state index contributed by atoms with van der Waals surface area (Å²) >= 11 is 5.77. The molecule has 1 unspecified atom stereocenters. The molecule has 3 heterocycles. The van der Waals surface area contributed by atoms with Crippen LogP contribution in [0, 0.1) is 0 Å². The summed E-state index contributed by atoms with van der Waals surface area (Å²) in [6, 6.07) is 0. The summed E-state index contributed by atoms with van der Waals surface area (Å²) in [5, 5.41) is 20.1. The number of hydrogen-bond acceptors (Lipinski definition) is 8. The third kappa shape index (κ3) is 3.24. The number of ether oxygens (including phenoxy) is 1. The molecular weight excluding hydrogens is 365 g/mol. The van der Waals surface area contributed by atoms with Gasteiger partial charge in [0.2, 0.25) is 5.28 Å². The largest absolute Gasteiger partial charge is 0.388 e. The second kappa shape index (κ2) is 6.19. The normalized spacial score (nSPS) is 27.9. The number of fused-ring (bicyclic) bond motifs is 1. The number of nitrogens with zero attached hydrogens (tertiary/aromatic N) is 4. The van der Waals surface area contributed by atoms with E-state index in [1.807, 2.05) is 0 Å². The van der Waals surface area contributed by atoms with Gasteiger partial charge in [-0.2, -0.15) is 9.97 Å². The van der Waals surface area contributed by atoms with Crippen molar-refractivity contribution in [3.8, 4) is 0 Å². The number of aromatic nitrogens is 4. The lowest BCUT2D eigenvalue weighted by Gasteiger charge is -2.16. The van der Waals surface area contributed by atoms with Crippen LogP contribution in [0.1, 0.15) is 12.6 Å². The summed E-state index contributed by atoms with van der Waals surface area (Å²) in [6.45, 7) is 0. The van der Waals surface area contributed by atoms with Crippen molar-refractivity contribution in [1.29, 1.82) is 0 Å². The van der Waals surface area contributed by atoms with Gasteiger partial charge in [-0.05, 0) is 18.0 Å². The van der Waals surface area contributed by atoms with Crippen molar-refractivity contribution in [2.45, 2.75) is 31.0 Å². The molecule has 4 atom stereocenters. The average Bonchev–Trinajstić information content (AvgIpc) is 3.00. The van der Waals surface area contributed by atoms with Gasteiger partial charge in [0.05, 0.1) is 18.6 Å². The molecule has 0 bridgehead atoms. The molecule has 0 amide bonds. The van der Waals surface area contributed by atoms with Gasteiger partial charge in [-0.25, -0.2) is 4.98 Å². The molecule has 132 valence electrons. The molecule has 11 nitrogen and oxygen atoms in total. The predicted molar refractivity (Wildman–Crippen MR) is 82.2 cm³/mol. The Hall–Kier alpha value is -1.33. The highest BCUT2D eigenvalue weighted by Crippen LogP contribution is 2.39. The first-order valence-corrected chi connectivity index (χ1v) is 9.06. The number of nitrogen functional groups attached to an aromatic ring is 1. The summed E-state index contributed by atoms with van der Waals surface area (Å²) in [7, 11) is -4.24. The fourth-order valence-electron chi connectivity index (χ4n) is 2.59. The Morgan fingerprint density at radius 2 is 2.04 bits per heavy atom. The van der Waals surface area contributed by atoms with E-state index in [-0.39, 0.29) is 28.7 Å². The van der Waals surface area contributed by atoms with Crippen molar-refractivity contribution in [3.63, 3.8) is 0 Å². The minimum atomic E-state index is -4.24. The first kappa shape index (κ1) is 17.5. The first-order valence-electron chi connectivity index (χ1n) is 6.89. The maximum absolute atomic E-state index is 11.0. The van der Waals surface area contributed by atoms with E-state index in [0.717, 1.165) is 0 Å². The van der Waals surface area contributed by atoms with Gasteiger partial charge in [-0.15, -0.1) is 0 Å². The molecule has 0 aliphatic carbocycles. The molecule has 0 saturated carbocycles. The van der Waals surface area contributed by atoms with Crippen LogP contribution < -0.4 is 5.73 Å². The second-order valence-electron chi connectivity index (χ2n) is 5.43. The van der Waals surface area contributed by atoms with Crippen molar-refractivity contribution in [2.24, 2.45) is 0 Å². The highest BCUT2D eigenvalue weighted by Gasteiger charge is 2.44. The Morgan fingerprint density at radius 1 is 1.33 bits per heavy atom. The van der Waals surface area contributed by atoms with Gasteiger partial charge >= 0.3 is 7.60 Å². The van der Waals surface area contributed by atoms with E-state index in [2.05, 4.69) is 15.0 Å². The van der Waals surface area contributed by atoms with Crippen LogP contribution in [0.5, 0.6) is 0 Å². The molecule has 3 rings (SSSR count). The minimum absolute atomic E-state index is 0.0508. The van der Waals surface area contributed by atoms with E-state index in [1.165, 1.54) is 10.9 Å². The zero-order chi connectivity index (χ0) is 17.6. The van der Waals surface area contributed by atoms with Crippen LogP contribution in [0.15, 0.2) is 6.33 Å². The van der Waals surface area contributed by atoms with E-state index < -0.39 is 38.3 Å². The van der Waals surface area contributed by atoms with E-state index >= 15 is 0 Å². The molecule has 0 spiro atoms. The number of anilines is 1. The average molecular weight is 380 g/mol. The Bertz CT molecular complexity index is 812. The summed E-state index contributed by atoms with van der Waals surface area (Å²) in [5.41, 5.74) is 6.16. The predicted octanol–water partition coefficient (Wildman–Crippen LogP) is -0.751. The molecule has 24 heavy (non-hydrogen) atoms. The smallest absolute Gasteiger partial charge is 0.325 e. The van der Waals surface area contributed by atoms with Gasteiger partial charge in [-0.1, -0.05) is 0 Å². The molecule has 1 saturated heterocycles. The maximum atomic E-state index is 11.0. The van der Waals surface area contributed by atoms with E-state index in [9.17, 15) is 14.8 Å². The molecule has 13 heteroatoms. The highest BCUT2D eigenvalue weighted by atomic mass is 35.5. The van der Waals surface area contributed by atoms with Crippen molar-refractivity contribution in [1.82, 2.24) is 19.5 Å². The van der Waals surface area contributed by atoms with Crippen LogP contribution in [0.2, 0.25) is 5.28 Å². The highest BCUT2D eigenvalue weighted by molar-refractivity contribution is 7.51. The van der Waals surface area contributed by atoms with Crippen LogP contribution in [-0.2, 0) is 9.30 Å². The summed E-state index contributed by atoms with van der Waals surface area (Å²) in [6.07, 6.45) is -3.98. The molecule has 0 aromatic carbocycles. The van der Waals surface area contributed by atoms with Crippen LogP contribution in [0.4, 0.5) is 5.82 Å². The number of aliphatic hydroxyl groups is 2. The van der Waals surface area contributed by atoms with E-state index in [0.29, 0.717) is 0 Å². The van der Waals surface area contributed by atoms with Crippen LogP contribution in [0.25, 0.3) is 11.2 Å². The number of aliphatic hydroxyl groups excluding tert-OH is 2.